The Labute approximate surface area is 151 Å². The van der Waals surface area contributed by atoms with Crippen molar-refractivity contribution in [3.8, 4) is 0 Å². The van der Waals surface area contributed by atoms with E-state index in [1.54, 1.807) is 0 Å². The van der Waals surface area contributed by atoms with Gasteiger partial charge in [0.1, 0.15) is 5.82 Å². The Morgan fingerprint density at radius 3 is 2.54 bits per heavy atom. The maximum absolute atomic E-state index is 12.8. The number of benzene rings is 1. The van der Waals surface area contributed by atoms with Gasteiger partial charge in [-0.25, -0.2) is 4.98 Å². The van der Waals surface area contributed by atoms with Crippen LogP contribution >= 0.6 is 11.3 Å². The molecular weight excluding hydrogens is 367 g/mol. The van der Waals surface area contributed by atoms with Crippen molar-refractivity contribution < 1.29 is 22.7 Å². The molecule has 9 heteroatoms. The molecule has 0 aliphatic carbocycles. The third-order valence-corrected chi connectivity index (χ3v) is 5.76. The summed E-state index contributed by atoms with van der Waals surface area (Å²) >= 11 is 1.48. The van der Waals surface area contributed by atoms with Gasteiger partial charge in [0, 0.05) is 25.4 Å². The van der Waals surface area contributed by atoms with E-state index in [1.807, 2.05) is 0 Å². The molecule has 0 bridgehead atoms. The van der Waals surface area contributed by atoms with Crippen LogP contribution in [-0.2, 0) is 15.7 Å². The summed E-state index contributed by atoms with van der Waals surface area (Å²) in [5.41, 5.74) is -0.00803. The number of aromatic nitrogens is 1. The molecule has 1 aromatic heterocycles. The molecule has 2 aliphatic heterocycles. The van der Waals surface area contributed by atoms with Gasteiger partial charge in [0.05, 0.1) is 23.7 Å². The van der Waals surface area contributed by atoms with Gasteiger partial charge < -0.3 is 15.0 Å². The fraction of sp³-hybridized carbons (Fsp3) is 0.412. The predicted octanol–water partition coefficient (Wildman–Crippen LogP) is 3.47. The van der Waals surface area contributed by atoms with Gasteiger partial charge in [-0.3, -0.25) is 4.79 Å². The lowest BCUT2D eigenvalue weighted by Gasteiger charge is -2.26. The zero-order valence-electron chi connectivity index (χ0n) is 13.7. The topological polar surface area (TPSA) is 54.5 Å². The SMILES string of the molecule is O=C1C[C@@H](c2ccc(C(F)(F)F)cc2)c2sc(N3CCOCC3)nc2N1. The minimum absolute atomic E-state index is 0.179. The third-order valence-electron chi connectivity index (χ3n) is 4.53. The number of nitrogens with one attached hydrogen (secondary N) is 1. The molecule has 1 aromatic carbocycles. The van der Waals surface area contributed by atoms with Crippen LogP contribution in [0.3, 0.4) is 0 Å². The lowest BCUT2D eigenvalue weighted by atomic mass is 9.91. The van der Waals surface area contributed by atoms with Gasteiger partial charge in [0.15, 0.2) is 5.13 Å². The fourth-order valence-electron chi connectivity index (χ4n) is 3.17. The number of alkyl halides is 3. The average Bonchev–Trinajstić information content (AvgIpc) is 3.05. The van der Waals surface area contributed by atoms with E-state index in [-0.39, 0.29) is 18.2 Å². The van der Waals surface area contributed by atoms with Gasteiger partial charge >= 0.3 is 6.18 Å². The fourth-order valence-corrected chi connectivity index (χ4v) is 4.37. The predicted molar refractivity (Wildman–Crippen MR) is 91.7 cm³/mol. The van der Waals surface area contributed by atoms with Crippen molar-refractivity contribution in [1.29, 1.82) is 0 Å². The summed E-state index contributed by atoms with van der Waals surface area (Å²) in [5, 5.41) is 3.58. The monoisotopic (exact) mass is 383 g/mol. The highest BCUT2D eigenvalue weighted by Gasteiger charge is 2.33. The van der Waals surface area contributed by atoms with Crippen molar-refractivity contribution in [2.24, 2.45) is 0 Å². The van der Waals surface area contributed by atoms with Crippen LogP contribution in [0.2, 0.25) is 0 Å². The number of hydrogen-bond acceptors (Lipinski definition) is 5. The second-order valence-corrected chi connectivity index (χ2v) is 7.24. The molecular formula is C17H16F3N3O2S. The molecule has 1 atom stereocenters. The number of thiazole rings is 1. The van der Waals surface area contributed by atoms with Gasteiger partial charge in [-0.1, -0.05) is 23.5 Å². The molecule has 2 aliphatic rings. The number of nitrogens with zero attached hydrogens (tertiary/aromatic N) is 2. The van der Waals surface area contributed by atoms with Gasteiger partial charge in [0.2, 0.25) is 5.91 Å². The Balaban J connectivity index is 1.66. The van der Waals surface area contributed by atoms with Crippen molar-refractivity contribution in [2.45, 2.75) is 18.5 Å². The number of fused-ring (bicyclic) bond motifs is 1. The Morgan fingerprint density at radius 1 is 1.19 bits per heavy atom. The van der Waals surface area contributed by atoms with Crippen molar-refractivity contribution in [3.63, 3.8) is 0 Å². The molecule has 5 nitrogen and oxygen atoms in total. The number of carbonyl (C=O) groups excluding carboxylic acids is 1. The zero-order valence-corrected chi connectivity index (χ0v) is 14.5. The van der Waals surface area contributed by atoms with Crippen molar-refractivity contribution in [2.75, 3.05) is 36.5 Å². The summed E-state index contributed by atoms with van der Waals surface area (Å²) in [6, 6.07) is 5.02. The first-order chi connectivity index (χ1) is 12.4. The molecule has 2 aromatic rings. The van der Waals surface area contributed by atoms with Crippen LogP contribution in [-0.4, -0.2) is 37.2 Å². The van der Waals surface area contributed by atoms with Crippen LogP contribution in [0.15, 0.2) is 24.3 Å². The van der Waals surface area contributed by atoms with E-state index in [2.05, 4.69) is 15.2 Å². The van der Waals surface area contributed by atoms with Crippen LogP contribution in [0.25, 0.3) is 0 Å². The molecule has 0 radical (unpaired) electrons. The first-order valence-corrected chi connectivity index (χ1v) is 9.04. The number of rotatable bonds is 2. The number of hydrogen-bond donors (Lipinski definition) is 1. The second kappa shape index (κ2) is 6.55. The maximum atomic E-state index is 12.8. The molecule has 1 N–H and O–H groups in total. The summed E-state index contributed by atoms with van der Waals surface area (Å²) in [7, 11) is 0. The van der Waals surface area contributed by atoms with E-state index in [0.717, 1.165) is 35.2 Å². The number of halogens is 3. The Hall–Kier alpha value is -2.13. The molecule has 138 valence electrons. The van der Waals surface area contributed by atoms with Gasteiger partial charge in [0.25, 0.3) is 0 Å². The van der Waals surface area contributed by atoms with Crippen LogP contribution in [0.1, 0.15) is 28.3 Å². The van der Waals surface area contributed by atoms with Crippen molar-refractivity contribution in [3.05, 3.63) is 40.3 Å². The van der Waals surface area contributed by atoms with E-state index in [0.29, 0.717) is 24.6 Å². The Bertz CT molecular complexity index is 814. The van der Waals surface area contributed by atoms with Gasteiger partial charge in [-0.2, -0.15) is 13.2 Å². The maximum Gasteiger partial charge on any atom is 0.416 e. The molecule has 1 amide bonds. The highest BCUT2D eigenvalue weighted by atomic mass is 32.1. The Morgan fingerprint density at radius 2 is 1.88 bits per heavy atom. The summed E-state index contributed by atoms with van der Waals surface area (Å²) in [5.74, 6) is 0.0483. The van der Waals surface area contributed by atoms with E-state index >= 15 is 0 Å². The van der Waals surface area contributed by atoms with Crippen LogP contribution in [0, 0.1) is 0 Å². The molecule has 4 rings (SSSR count). The Kier molecular flexibility index (Phi) is 4.36. The van der Waals surface area contributed by atoms with E-state index in [1.165, 1.54) is 23.5 Å². The first-order valence-electron chi connectivity index (χ1n) is 8.22. The lowest BCUT2D eigenvalue weighted by molar-refractivity contribution is -0.137. The lowest BCUT2D eigenvalue weighted by Crippen LogP contribution is -2.36. The smallest absolute Gasteiger partial charge is 0.378 e. The summed E-state index contributed by atoms with van der Waals surface area (Å²) in [6.07, 6.45) is -4.18. The highest BCUT2D eigenvalue weighted by Crippen LogP contribution is 2.43. The van der Waals surface area contributed by atoms with Gasteiger partial charge in [-0.05, 0) is 17.7 Å². The summed E-state index contributed by atoms with van der Waals surface area (Å²) in [4.78, 5) is 19.6. The highest BCUT2D eigenvalue weighted by molar-refractivity contribution is 7.16. The molecule has 26 heavy (non-hydrogen) atoms. The molecule has 1 saturated heterocycles. The average molecular weight is 383 g/mol. The quantitative estimate of drug-likeness (QED) is 0.863. The van der Waals surface area contributed by atoms with Crippen molar-refractivity contribution in [1.82, 2.24) is 4.98 Å². The van der Waals surface area contributed by atoms with Gasteiger partial charge in [-0.15, -0.1) is 0 Å². The van der Waals surface area contributed by atoms with E-state index in [4.69, 9.17) is 4.74 Å². The molecule has 3 heterocycles. The van der Waals surface area contributed by atoms with Crippen LogP contribution in [0.5, 0.6) is 0 Å². The summed E-state index contributed by atoms with van der Waals surface area (Å²) < 4.78 is 43.7. The summed E-state index contributed by atoms with van der Waals surface area (Å²) in [6.45, 7) is 2.70. The minimum atomic E-state index is -4.37. The first kappa shape index (κ1) is 17.3. The molecule has 0 unspecified atom stereocenters. The normalized spacial score (nSPS) is 20.7. The number of morpholine rings is 1. The number of anilines is 2. The number of ether oxygens (including phenoxy) is 1. The molecule has 0 spiro atoms. The minimum Gasteiger partial charge on any atom is -0.378 e. The molecule has 0 saturated carbocycles. The van der Waals surface area contributed by atoms with Crippen molar-refractivity contribution >= 4 is 28.2 Å². The standard InChI is InChI=1S/C17H16F3N3O2S/c18-17(19,20)11-3-1-10(2-4-11)12-9-13(24)21-15-14(12)26-16(22-15)23-5-7-25-8-6-23/h1-4,12H,5-9H2,(H,21,24)/t12-/m0/s1. The molecule has 1 fully saturated rings. The second-order valence-electron chi connectivity index (χ2n) is 6.23. The van der Waals surface area contributed by atoms with Crippen LogP contribution in [0.4, 0.5) is 24.1 Å². The number of carbonyl (C=O) groups is 1. The largest absolute Gasteiger partial charge is 0.416 e. The van der Waals surface area contributed by atoms with E-state index in [9.17, 15) is 18.0 Å². The van der Waals surface area contributed by atoms with E-state index < -0.39 is 11.7 Å². The third kappa shape index (κ3) is 3.28. The zero-order chi connectivity index (χ0) is 18.3. The number of amides is 1. The van der Waals surface area contributed by atoms with Crippen LogP contribution < -0.4 is 10.2 Å².